The molecule has 0 amide bonds. The van der Waals surface area contributed by atoms with Crippen LogP contribution in [0.15, 0.2) is 6.20 Å². The molecule has 1 rings (SSSR count). The van der Waals surface area contributed by atoms with Gasteiger partial charge >= 0.3 is 6.18 Å². The number of rotatable bonds is 7. The van der Waals surface area contributed by atoms with Crippen LogP contribution in [0.4, 0.5) is 13.2 Å². The lowest BCUT2D eigenvalue weighted by atomic mass is 10.3. The molecular formula is C11H18F3N3O. The Balaban J connectivity index is 2.23. The van der Waals surface area contributed by atoms with Crippen LogP contribution in [0.1, 0.15) is 25.4 Å². The molecule has 1 aromatic heterocycles. The number of hydrogen-bond donors (Lipinski definition) is 2. The van der Waals surface area contributed by atoms with Gasteiger partial charge in [-0.05, 0) is 0 Å². The van der Waals surface area contributed by atoms with Crippen LogP contribution in [0.3, 0.4) is 0 Å². The average molecular weight is 265 g/mol. The number of aromatic nitrogens is 2. The van der Waals surface area contributed by atoms with E-state index >= 15 is 0 Å². The molecular weight excluding hydrogens is 247 g/mol. The summed E-state index contributed by atoms with van der Waals surface area (Å²) in [6.45, 7) is 3.51. The third-order valence-electron chi connectivity index (χ3n) is 2.13. The zero-order chi connectivity index (χ0) is 13.6. The average Bonchev–Trinajstić information content (AvgIpc) is 2.68. The maximum Gasteiger partial charge on any atom is 0.411 e. The van der Waals surface area contributed by atoms with Gasteiger partial charge in [0.05, 0.1) is 6.61 Å². The number of alkyl halides is 3. The van der Waals surface area contributed by atoms with E-state index in [2.05, 4.69) is 20.0 Å². The van der Waals surface area contributed by atoms with Crippen molar-refractivity contribution in [2.75, 3.05) is 13.2 Å². The minimum Gasteiger partial charge on any atom is -0.372 e. The molecule has 0 spiro atoms. The van der Waals surface area contributed by atoms with Gasteiger partial charge in [-0.3, -0.25) is 0 Å². The number of ether oxygens (including phenoxy) is 1. The lowest BCUT2D eigenvalue weighted by molar-refractivity contribution is -0.173. The zero-order valence-electron chi connectivity index (χ0n) is 10.5. The molecule has 0 bridgehead atoms. The first kappa shape index (κ1) is 15.0. The fraction of sp³-hybridized carbons (Fsp3) is 0.727. The lowest BCUT2D eigenvalue weighted by Crippen LogP contribution is -2.22. The van der Waals surface area contributed by atoms with E-state index in [1.54, 1.807) is 6.20 Å². The van der Waals surface area contributed by atoms with Crippen LogP contribution in [0, 0.1) is 0 Å². The molecule has 0 saturated carbocycles. The molecule has 0 aromatic carbocycles. The number of H-pyrrole nitrogens is 1. The van der Waals surface area contributed by atoms with E-state index in [1.807, 2.05) is 13.8 Å². The summed E-state index contributed by atoms with van der Waals surface area (Å²) >= 11 is 0. The van der Waals surface area contributed by atoms with Gasteiger partial charge in [0.2, 0.25) is 0 Å². The Labute approximate surface area is 104 Å². The molecule has 4 nitrogen and oxygen atoms in total. The molecule has 18 heavy (non-hydrogen) atoms. The minimum atomic E-state index is -4.27. The first-order valence-electron chi connectivity index (χ1n) is 5.77. The molecule has 0 radical (unpaired) electrons. The monoisotopic (exact) mass is 265 g/mol. The quantitative estimate of drug-likeness (QED) is 0.742. The van der Waals surface area contributed by atoms with Crippen LogP contribution in [0.25, 0.3) is 0 Å². The van der Waals surface area contributed by atoms with Gasteiger partial charge in [-0.25, -0.2) is 4.98 Å². The standard InChI is InChI=1S/C11H18F3N3O/c1-8(2)15-5-9-6-16-10(17-9)3-4-18-7-11(12,13)14/h6,8,15H,3-5,7H2,1-2H3,(H,16,17). The number of aromatic amines is 1. The maximum absolute atomic E-state index is 11.8. The lowest BCUT2D eigenvalue weighted by Gasteiger charge is -2.06. The van der Waals surface area contributed by atoms with Gasteiger partial charge in [-0.1, -0.05) is 13.8 Å². The summed E-state index contributed by atoms with van der Waals surface area (Å²) in [6, 6.07) is 0.367. The van der Waals surface area contributed by atoms with E-state index in [9.17, 15) is 13.2 Å². The molecule has 0 atom stereocenters. The van der Waals surface area contributed by atoms with E-state index in [0.29, 0.717) is 24.8 Å². The van der Waals surface area contributed by atoms with Gasteiger partial charge in [0.1, 0.15) is 12.4 Å². The van der Waals surface area contributed by atoms with Crippen molar-refractivity contribution in [3.63, 3.8) is 0 Å². The topological polar surface area (TPSA) is 49.9 Å². The van der Waals surface area contributed by atoms with Crippen molar-refractivity contribution in [1.29, 1.82) is 0 Å². The third-order valence-corrected chi connectivity index (χ3v) is 2.13. The van der Waals surface area contributed by atoms with E-state index in [4.69, 9.17) is 0 Å². The Morgan fingerprint density at radius 2 is 2.17 bits per heavy atom. The van der Waals surface area contributed by atoms with Crippen molar-refractivity contribution < 1.29 is 17.9 Å². The highest BCUT2D eigenvalue weighted by molar-refractivity contribution is 5.01. The summed E-state index contributed by atoms with van der Waals surface area (Å²) in [6.07, 6.45) is -2.25. The summed E-state index contributed by atoms with van der Waals surface area (Å²) in [5.41, 5.74) is 0.912. The molecule has 0 unspecified atom stereocenters. The molecule has 7 heteroatoms. The summed E-state index contributed by atoms with van der Waals surface area (Å²) in [5.74, 6) is 0.637. The largest absolute Gasteiger partial charge is 0.411 e. The van der Waals surface area contributed by atoms with Gasteiger partial charge in [0.25, 0.3) is 0 Å². The molecule has 0 aliphatic heterocycles. The molecule has 1 heterocycles. The molecule has 0 saturated heterocycles. The summed E-state index contributed by atoms with van der Waals surface area (Å²) < 4.78 is 39.9. The number of halogens is 3. The Morgan fingerprint density at radius 1 is 1.44 bits per heavy atom. The number of nitrogens with zero attached hydrogens (tertiary/aromatic N) is 1. The molecule has 0 fully saturated rings. The summed E-state index contributed by atoms with van der Waals surface area (Å²) in [4.78, 5) is 7.10. The highest BCUT2D eigenvalue weighted by Gasteiger charge is 2.27. The van der Waals surface area contributed by atoms with Crippen LogP contribution in [-0.2, 0) is 17.7 Å². The van der Waals surface area contributed by atoms with Crippen molar-refractivity contribution in [3.8, 4) is 0 Å². The second-order valence-electron chi connectivity index (χ2n) is 4.31. The Morgan fingerprint density at radius 3 is 2.78 bits per heavy atom. The third kappa shape index (κ3) is 6.61. The van der Waals surface area contributed by atoms with Gasteiger partial charge < -0.3 is 15.0 Å². The van der Waals surface area contributed by atoms with Crippen LogP contribution in [0.5, 0.6) is 0 Å². The minimum absolute atomic E-state index is 0.00404. The predicted molar refractivity (Wildman–Crippen MR) is 61.1 cm³/mol. The predicted octanol–water partition coefficient (Wildman–Crippen LogP) is 2.03. The first-order valence-corrected chi connectivity index (χ1v) is 5.77. The highest BCUT2D eigenvalue weighted by Crippen LogP contribution is 2.14. The van der Waals surface area contributed by atoms with Crippen LogP contribution in [0.2, 0.25) is 0 Å². The smallest absolute Gasteiger partial charge is 0.372 e. The van der Waals surface area contributed by atoms with Crippen molar-refractivity contribution in [1.82, 2.24) is 15.3 Å². The van der Waals surface area contributed by atoms with Crippen molar-refractivity contribution >= 4 is 0 Å². The molecule has 0 aliphatic rings. The molecule has 104 valence electrons. The normalized spacial score (nSPS) is 12.3. The van der Waals surface area contributed by atoms with Gasteiger partial charge in [-0.2, -0.15) is 13.2 Å². The Bertz CT molecular complexity index is 350. The van der Waals surface area contributed by atoms with Crippen molar-refractivity contribution in [2.24, 2.45) is 0 Å². The van der Waals surface area contributed by atoms with Crippen LogP contribution in [-0.4, -0.2) is 35.4 Å². The van der Waals surface area contributed by atoms with Crippen molar-refractivity contribution in [3.05, 3.63) is 17.7 Å². The number of nitrogens with one attached hydrogen (secondary N) is 2. The highest BCUT2D eigenvalue weighted by atomic mass is 19.4. The Hall–Kier alpha value is -1.08. The SMILES string of the molecule is CC(C)NCc1cnc(CCOCC(F)(F)F)[nH]1. The second kappa shape index (κ2) is 6.75. The molecule has 2 N–H and O–H groups in total. The zero-order valence-corrected chi connectivity index (χ0v) is 10.5. The summed E-state index contributed by atoms with van der Waals surface area (Å²) in [7, 11) is 0. The fourth-order valence-electron chi connectivity index (χ4n) is 1.29. The number of hydrogen-bond acceptors (Lipinski definition) is 3. The molecule has 0 aliphatic carbocycles. The van der Waals surface area contributed by atoms with Crippen molar-refractivity contribution in [2.45, 2.75) is 39.0 Å². The van der Waals surface area contributed by atoms with E-state index in [1.165, 1.54) is 0 Å². The van der Waals surface area contributed by atoms with Gasteiger partial charge in [0, 0.05) is 30.9 Å². The maximum atomic E-state index is 11.8. The van der Waals surface area contributed by atoms with E-state index in [0.717, 1.165) is 5.69 Å². The summed E-state index contributed by atoms with van der Waals surface area (Å²) in [5, 5.41) is 3.21. The van der Waals surface area contributed by atoms with Gasteiger partial charge in [0.15, 0.2) is 0 Å². The molecule has 1 aromatic rings. The fourth-order valence-corrected chi connectivity index (χ4v) is 1.29. The number of imidazole rings is 1. The first-order chi connectivity index (χ1) is 8.37. The van der Waals surface area contributed by atoms with E-state index in [-0.39, 0.29) is 6.61 Å². The van der Waals surface area contributed by atoms with Gasteiger partial charge in [-0.15, -0.1) is 0 Å². The Kier molecular flexibility index (Phi) is 5.61. The van der Waals surface area contributed by atoms with E-state index < -0.39 is 12.8 Å². The van der Waals surface area contributed by atoms with Crippen LogP contribution >= 0.6 is 0 Å². The van der Waals surface area contributed by atoms with Crippen LogP contribution < -0.4 is 5.32 Å². The second-order valence-corrected chi connectivity index (χ2v) is 4.31.